The number of carboxylic acid groups (broad SMARTS) is 1. The van der Waals surface area contributed by atoms with Crippen molar-refractivity contribution in [1.29, 1.82) is 0 Å². The molecule has 9 nitrogen and oxygen atoms in total. The SMILES string of the molecule is CC(C)=CCC/C(C)=C/CC/C(C)=C/CSCC(NC(=O)CNC(=O)c1ccc(N(O)O)cc1)C(=O)O. The Labute approximate surface area is 223 Å². The molecule has 0 aromatic heterocycles. The first-order valence-electron chi connectivity index (χ1n) is 12.1. The van der Waals surface area contributed by atoms with Gasteiger partial charge in [0.15, 0.2) is 0 Å². The molecule has 1 aromatic carbocycles. The predicted octanol–water partition coefficient (Wildman–Crippen LogP) is 4.72. The minimum atomic E-state index is -1.14. The van der Waals surface area contributed by atoms with Gasteiger partial charge in [0.25, 0.3) is 5.91 Å². The number of carbonyl (C=O) groups excluding carboxylic acids is 2. The molecular weight excluding hydrogens is 494 g/mol. The third-order valence-corrected chi connectivity index (χ3v) is 6.33. The van der Waals surface area contributed by atoms with Crippen molar-refractivity contribution in [2.75, 3.05) is 23.3 Å². The van der Waals surface area contributed by atoms with E-state index in [-0.39, 0.29) is 28.8 Å². The van der Waals surface area contributed by atoms with E-state index in [1.165, 1.54) is 52.7 Å². The first-order chi connectivity index (χ1) is 17.5. The number of allylic oxidation sites excluding steroid dienone is 5. The third kappa shape index (κ3) is 14.3. The van der Waals surface area contributed by atoms with Gasteiger partial charge in [0.05, 0.1) is 12.2 Å². The molecule has 0 aliphatic rings. The molecule has 0 spiro atoms. The maximum atomic E-state index is 12.2. The Hall–Kier alpha value is -3.08. The van der Waals surface area contributed by atoms with Crippen LogP contribution in [0.2, 0.25) is 0 Å². The fraction of sp³-hybridized carbons (Fsp3) is 0.444. The van der Waals surface area contributed by atoms with Crippen molar-refractivity contribution in [1.82, 2.24) is 10.6 Å². The van der Waals surface area contributed by atoms with E-state index in [9.17, 15) is 19.5 Å². The summed E-state index contributed by atoms with van der Waals surface area (Å²) in [5, 5.41) is 32.1. The first kappa shape index (κ1) is 31.9. The molecule has 1 rings (SSSR count). The van der Waals surface area contributed by atoms with Crippen LogP contribution in [0.4, 0.5) is 5.69 Å². The Morgan fingerprint density at radius 1 is 0.946 bits per heavy atom. The standard InChI is InChI=1S/C27H39N3O6S/c1-19(2)7-5-8-20(3)9-6-10-21(4)15-16-37-18-24(27(33)34)29-25(31)17-28-26(32)22-11-13-23(14-12-22)30(35)36/h7,9,11-15,24,35-36H,5-6,8,10,16-18H2,1-4H3,(H,28,32)(H,29,31)(H,33,34)/b20-9+,21-15+. The summed E-state index contributed by atoms with van der Waals surface area (Å²) in [5.74, 6) is -1.48. The van der Waals surface area contributed by atoms with Crippen molar-refractivity contribution < 1.29 is 29.9 Å². The Bertz CT molecular complexity index is 982. The lowest BCUT2D eigenvalue weighted by Gasteiger charge is -2.14. The molecule has 5 N–H and O–H groups in total. The van der Waals surface area contributed by atoms with Crippen LogP contribution < -0.4 is 15.9 Å². The third-order valence-electron chi connectivity index (χ3n) is 5.36. The van der Waals surface area contributed by atoms with Crippen molar-refractivity contribution in [2.24, 2.45) is 0 Å². The molecule has 0 bridgehead atoms. The summed E-state index contributed by atoms with van der Waals surface area (Å²) in [7, 11) is 0. The lowest BCUT2D eigenvalue weighted by Crippen LogP contribution is -2.46. The highest BCUT2D eigenvalue weighted by molar-refractivity contribution is 7.99. The van der Waals surface area contributed by atoms with Gasteiger partial charge >= 0.3 is 5.97 Å². The van der Waals surface area contributed by atoms with Gasteiger partial charge in [-0.15, -0.1) is 5.23 Å². The second-order valence-electron chi connectivity index (χ2n) is 8.97. The quantitative estimate of drug-likeness (QED) is 0.117. The number of thioether (sulfide) groups is 1. The Kier molecular flexibility index (Phi) is 15.0. The summed E-state index contributed by atoms with van der Waals surface area (Å²) in [6.45, 7) is 8.03. The minimum absolute atomic E-state index is 0.0683. The number of carboxylic acids is 1. The largest absolute Gasteiger partial charge is 0.480 e. The van der Waals surface area contributed by atoms with Crippen LogP contribution >= 0.6 is 11.8 Å². The summed E-state index contributed by atoms with van der Waals surface area (Å²) in [5.41, 5.74) is 4.23. The van der Waals surface area contributed by atoms with Crippen LogP contribution in [-0.2, 0) is 9.59 Å². The zero-order chi connectivity index (χ0) is 27.8. The highest BCUT2D eigenvalue weighted by Gasteiger charge is 2.20. The minimum Gasteiger partial charge on any atom is -0.480 e. The molecule has 0 heterocycles. The van der Waals surface area contributed by atoms with Gasteiger partial charge in [-0.3, -0.25) is 20.0 Å². The van der Waals surface area contributed by atoms with E-state index in [1.54, 1.807) is 0 Å². The molecule has 37 heavy (non-hydrogen) atoms. The summed E-state index contributed by atoms with van der Waals surface area (Å²) in [4.78, 5) is 35.8. The van der Waals surface area contributed by atoms with Gasteiger partial charge < -0.3 is 15.7 Å². The van der Waals surface area contributed by atoms with Crippen LogP contribution in [0.3, 0.4) is 0 Å². The molecule has 0 fully saturated rings. The van der Waals surface area contributed by atoms with E-state index in [1.807, 2.05) is 0 Å². The van der Waals surface area contributed by atoms with Gasteiger partial charge in [0, 0.05) is 17.1 Å². The van der Waals surface area contributed by atoms with E-state index in [0.717, 1.165) is 25.7 Å². The van der Waals surface area contributed by atoms with Gasteiger partial charge in [0.1, 0.15) is 6.04 Å². The zero-order valence-corrected chi connectivity index (χ0v) is 22.8. The number of carbonyl (C=O) groups is 3. The fourth-order valence-corrected chi connectivity index (χ4v) is 4.15. The topological polar surface area (TPSA) is 139 Å². The number of amides is 2. The normalized spacial score (nSPS) is 12.5. The number of nitrogens with one attached hydrogen (secondary N) is 2. The van der Waals surface area contributed by atoms with Gasteiger partial charge in [-0.1, -0.05) is 34.9 Å². The maximum Gasteiger partial charge on any atom is 0.327 e. The maximum absolute atomic E-state index is 12.2. The summed E-state index contributed by atoms with van der Waals surface area (Å²) >= 11 is 1.41. The van der Waals surface area contributed by atoms with E-state index < -0.39 is 23.8 Å². The van der Waals surface area contributed by atoms with Crippen molar-refractivity contribution in [2.45, 2.75) is 59.4 Å². The Morgan fingerprint density at radius 3 is 2.11 bits per heavy atom. The first-order valence-corrected chi connectivity index (χ1v) is 13.3. The number of anilines is 1. The predicted molar refractivity (Wildman–Crippen MR) is 147 cm³/mol. The average molecular weight is 534 g/mol. The smallest absolute Gasteiger partial charge is 0.327 e. The van der Waals surface area contributed by atoms with Crippen LogP contribution in [0.15, 0.2) is 59.2 Å². The lowest BCUT2D eigenvalue weighted by atomic mass is 10.1. The molecule has 0 saturated carbocycles. The molecule has 1 aromatic rings. The van der Waals surface area contributed by atoms with Crippen LogP contribution in [-0.4, -0.2) is 57.4 Å². The monoisotopic (exact) mass is 533 g/mol. The van der Waals surface area contributed by atoms with Crippen molar-refractivity contribution >= 4 is 35.2 Å². The molecule has 2 amide bonds. The highest BCUT2D eigenvalue weighted by atomic mass is 32.2. The molecule has 1 atom stereocenters. The number of hydrogen-bond donors (Lipinski definition) is 5. The van der Waals surface area contributed by atoms with E-state index in [4.69, 9.17) is 10.4 Å². The number of benzene rings is 1. The molecule has 204 valence electrons. The number of nitrogens with zero attached hydrogens (tertiary/aromatic N) is 1. The average Bonchev–Trinajstić information content (AvgIpc) is 2.84. The number of hydrogen-bond acceptors (Lipinski definition) is 7. The Morgan fingerprint density at radius 2 is 1.54 bits per heavy atom. The molecule has 0 radical (unpaired) electrons. The zero-order valence-electron chi connectivity index (χ0n) is 22.0. The number of rotatable bonds is 16. The van der Waals surface area contributed by atoms with E-state index in [2.05, 4.69) is 56.6 Å². The molecule has 1 unspecified atom stereocenters. The van der Waals surface area contributed by atoms with Crippen molar-refractivity contribution in [3.8, 4) is 0 Å². The molecule has 10 heteroatoms. The lowest BCUT2D eigenvalue weighted by molar-refractivity contribution is -0.140. The van der Waals surface area contributed by atoms with E-state index >= 15 is 0 Å². The van der Waals surface area contributed by atoms with Crippen LogP contribution in [0.25, 0.3) is 0 Å². The van der Waals surface area contributed by atoms with Crippen LogP contribution in [0.1, 0.15) is 63.7 Å². The van der Waals surface area contributed by atoms with Crippen LogP contribution in [0.5, 0.6) is 0 Å². The second kappa shape index (κ2) is 17.4. The molecule has 0 aliphatic heterocycles. The summed E-state index contributed by atoms with van der Waals surface area (Å²) in [6, 6.07) is 4.27. The van der Waals surface area contributed by atoms with Crippen molar-refractivity contribution in [3.63, 3.8) is 0 Å². The molecular formula is C27H39N3O6S. The van der Waals surface area contributed by atoms with Crippen molar-refractivity contribution in [3.05, 3.63) is 64.8 Å². The van der Waals surface area contributed by atoms with Crippen LogP contribution in [0, 0.1) is 0 Å². The van der Waals surface area contributed by atoms with Gasteiger partial charge in [-0.05, 0) is 77.6 Å². The Balaban J connectivity index is 2.38. The molecule has 0 saturated heterocycles. The van der Waals surface area contributed by atoms with Gasteiger partial charge in [-0.25, -0.2) is 4.79 Å². The van der Waals surface area contributed by atoms with Gasteiger partial charge in [-0.2, -0.15) is 11.8 Å². The summed E-state index contributed by atoms with van der Waals surface area (Å²) in [6.07, 6.45) is 10.6. The van der Waals surface area contributed by atoms with E-state index in [0.29, 0.717) is 5.75 Å². The fourth-order valence-electron chi connectivity index (χ4n) is 3.15. The highest BCUT2D eigenvalue weighted by Crippen LogP contribution is 2.14. The number of aliphatic carboxylic acids is 1. The van der Waals surface area contributed by atoms with Gasteiger partial charge in [0.2, 0.25) is 5.91 Å². The molecule has 0 aliphatic carbocycles. The second-order valence-corrected chi connectivity index (χ2v) is 10.0. The summed E-state index contributed by atoms with van der Waals surface area (Å²) < 4.78 is 0.